The molecule has 0 spiro atoms. The Bertz CT molecular complexity index is 483. The first-order valence-corrected chi connectivity index (χ1v) is 5.38. The number of nitrogens with zero attached hydrogens (tertiary/aromatic N) is 1. The maximum atomic E-state index is 11.7. The van der Waals surface area contributed by atoms with E-state index in [1.807, 2.05) is 20.8 Å². The third kappa shape index (κ3) is 3.41. The van der Waals surface area contributed by atoms with E-state index in [1.54, 1.807) is 0 Å². The molecular formula is C13H15NO4. The normalized spacial score (nSPS) is 10.8. The minimum absolute atomic E-state index is 0.0514. The van der Waals surface area contributed by atoms with Crippen LogP contribution in [0, 0.1) is 15.5 Å². The minimum atomic E-state index is -0.531. The lowest BCUT2D eigenvalue weighted by molar-refractivity contribution is -0.384. The Labute approximate surface area is 105 Å². The number of esters is 1. The summed E-state index contributed by atoms with van der Waals surface area (Å²) in [5.41, 5.74) is -0.0805. The van der Waals surface area contributed by atoms with Gasteiger partial charge in [-0.25, -0.2) is 4.79 Å². The zero-order chi connectivity index (χ0) is 13.9. The smallest absolute Gasteiger partial charge is 0.339 e. The van der Waals surface area contributed by atoms with Crippen LogP contribution in [0.2, 0.25) is 0 Å². The molecule has 0 aliphatic heterocycles. The highest BCUT2D eigenvalue weighted by molar-refractivity contribution is 5.90. The number of carbonyl (C=O) groups is 1. The Morgan fingerprint density at radius 3 is 2.17 bits per heavy atom. The highest BCUT2D eigenvalue weighted by atomic mass is 16.6. The first-order chi connectivity index (χ1) is 8.21. The molecule has 0 radical (unpaired) electrons. The number of nitro benzene ring substituents is 1. The van der Waals surface area contributed by atoms with E-state index in [-0.39, 0.29) is 16.9 Å². The molecule has 0 bridgehead atoms. The predicted octanol–water partition coefficient (Wildman–Crippen LogP) is 3.10. The molecule has 5 heteroatoms. The Hall–Kier alpha value is -2.17. The van der Waals surface area contributed by atoms with Crippen LogP contribution in [0.3, 0.4) is 0 Å². The standard InChI is InChI=1S/C13H15NO4/c1-9(13(2,3)4)12(15)18-11-7-5-10(6-8-11)14(16)17/h5-8H,1H2,2-4H3. The first-order valence-electron chi connectivity index (χ1n) is 5.38. The second-order valence-corrected chi connectivity index (χ2v) is 4.87. The van der Waals surface area contributed by atoms with Gasteiger partial charge in [-0.1, -0.05) is 27.4 Å². The first kappa shape index (κ1) is 13.9. The monoisotopic (exact) mass is 249 g/mol. The molecule has 0 heterocycles. The maximum Gasteiger partial charge on any atom is 0.339 e. The fourth-order valence-corrected chi connectivity index (χ4v) is 1.11. The molecule has 18 heavy (non-hydrogen) atoms. The summed E-state index contributed by atoms with van der Waals surface area (Å²) >= 11 is 0. The highest BCUT2D eigenvalue weighted by Gasteiger charge is 2.23. The molecule has 1 aromatic carbocycles. The van der Waals surface area contributed by atoms with Crippen LogP contribution in [0.5, 0.6) is 5.75 Å². The van der Waals surface area contributed by atoms with Crippen molar-refractivity contribution in [2.75, 3.05) is 0 Å². The van der Waals surface area contributed by atoms with Crippen LogP contribution in [0.1, 0.15) is 20.8 Å². The average molecular weight is 249 g/mol. The molecule has 1 rings (SSSR count). The third-order valence-electron chi connectivity index (χ3n) is 2.41. The molecule has 0 amide bonds. The van der Waals surface area contributed by atoms with E-state index in [0.29, 0.717) is 5.57 Å². The van der Waals surface area contributed by atoms with Crippen LogP contribution in [-0.2, 0) is 4.79 Å². The molecule has 0 fully saturated rings. The number of carbonyl (C=O) groups excluding carboxylic acids is 1. The predicted molar refractivity (Wildman–Crippen MR) is 67.3 cm³/mol. The Morgan fingerprint density at radius 2 is 1.78 bits per heavy atom. The summed E-state index contributed by atoms with van der Waals surface area (Å²) in [6.07, 6.45) is 0. The van der Waals surface area contributed by atoms with Crippen molar-refractivity contribution in [2.24, 2.45) is 5.41 Å². The van der Waals surface area contributed by atoms with Crippen molar-refractivity contribution < 1.29 is 14.5 Å². The summed E-state index contributed by atoms with van der Waals surface area (Å²) < 4.78 is 5.08. The van der Waals surface area contributed by atoms with Crippen molar-refractivity contribution >= 4 is 11.7 Å². The number of benzene rings is 1. The third-order valence-corrected chi connectivity index (χ3v) is 2.41. The van der Waals surface area contributed by atoms with Gasteiger partial charge in [0.2, 0.25) is 0 Å². The van der Waals surface area contributed by atoms with Crippen molar-refractivity contribution in [3.05, 3.63) is 46.5 Å². The summed E-state index contributed by atoms with van der Waals surface area (Å²) in [7, 11) is 0. The minimum Gasteiger partial charge on any atom is -0.423 e. The van der Waals surface area contributed by atoms with E-state index in [1.165, 1.54) is 24.3 Å². The van der Waals surface area contributed by atoms with Gasteiger partial charge >= 0.3 is 5.97 Å². The van der Waals surface area contributed by atoms with Crippen molar-refractivity contribution in [3.63, 3.8) is 0 Å². The molecule has 0 saturated heterocycles. The second-order valence-electron chi connectivity index (χ2n) is 4.87. The quantitative estimate of drug-likeness (QED) is 0.271. The lowest BCUT2D eigenvalue weighted by Crippen LogP contribution is -2.21. The summed E-state index contributed by atoms with van der Waals surface area (Å²) in [4.78, 5) is 21.7. The van der Waals surface area contributed by atoms with E-state index in [9.17, 15) is 14.9 Å². The van der Waals surface area contributed by atoms with E-state index >= 15 is 0 Å². The van der Waals surface area contributed by atoms with Crippen molar-refractivity contribution in [2.45, 2.75) is 20.8 Å². The van der Waals surface area contributed by atoms with Crippen LogP contribution in [0.4, 0.5) is 5.69 Å². The van der Waals surface area contributed by atoms with Gasteiger partial charge in [-0.05, 0) is 17.5 Å². The van der Waals surface area contributed by atoms with Gasteiger partial charge < -0.3 is 4.74 Å². The van der Waals surface area contributed by atoms with E-state index in [0.717, 1.165) is 0 Å². The van der Waals surface area contributed by atoms with E-state index in [4.69, 9.17) is 4.74 Å². The molecule has 0 saturated carbocycles. The summed E-state index contributed by atoms with van der Waals surface area (Å²) in [6.45, 7) is 9.25. The molecule has 5 nitrogen and oxygen atoms in total. The van der Waals surface area contributed by atoms with Gasteiger partial charge in [0.25, 0.3) is 5.69 Å². The average Bonchev–Trinajstić information content (AvgIpc) is 2.27. The van der Waals surface area contributed by atoms with Crippen LogP contribution >= 0.6 is 0 Å². The van der Waals surface area contributed by atoms with Gasteiger partial charge in [0.1, 0.15) is 5.75 Å². The number of rotatable bonds is 3. The van der Waals surface area contributed by atoms with Gasteiger partial charge in [0.15, 0.2) is 0 Å². The lowest BCUT2D eigenvalue weighted by Gasteiger charge is -2.19. The maximum absolute atomic E-state index is 11.7. The lowest BCUT2D eigenvalue weighted by atomic mass is 9.88. The highest BCUT2D eigenvalue weighted by Crippen LogP contribution is 2.26. The van der Waals surface area contributed by atoms with Gasteiger partial charge in [-0.2, -0.15) is 0 Å². The number of ether oxygens (including phenoxy) is 1. The summed E-state index contributed by atoms with van der Waals surface area (Å²) in [5.74, 6) is -0.271. The number of hydrogen-bond donors (Lipinski definition) is 0. The zero-order valence-electron chi connectivity index (χ0n) is 10.6. The fourth-order valence-electron chi connectivity index (χ4n) is 1.11. The largest absolute Gasteiger partial charge is 0.423 e. The second kappa shape index (κ2) is 5.00. The van der Waals surface area contributed by atoms with Crippen molar-refractivity contribution in [1.29, 1.82) is 0 Å². The summed E-state index contributed by atoms with van der Waals surface area (Å²) in [6, 6.07) is 5.32. The molecule has 0 unspecified atom stereocenters. The number of nitro groups is 1. The molecule has 0 aromatic heterocycles. The van der Waals surface area contributed by atoms with Crippen LogP contribution in [-0.4, -0.2) is 10.9 Å². The topological polar surface area (TPSA) is 69.4 Å². The molecule has 0 aliphatic rings. The zero-order valence-corrected chi connectivity index (χ0v) is 10.6. The Morgan fingerprint density at radius 1 is 1.28 bits per heavy atom. The van der Waals surface area contributed by atoms with Gasteiger partial charge in [-0.15, -0.1) is 0 Å². The van der Waals surface area contributed by atoms with Gasteiger partial charge in [-0.3, -0.25) is 10.1 Å². The molecular weight excluding hydrogens is 234 g/mol. The van der Waals surface area contributed by atoms with Crippen molar-refractivity contribution in [3.8, 4) is 5.75 Å². The number of hydrogen-bond acceptors (Lipinski definition) is 4. The SMILES string of the molecule is C=C(C(=O)Oc1ccc([N+](=O)[O-])cc1)C(C)(C)C. The van der Waals surface area contributed by atoms with Gasteiger partial charge in [0, 0.05) is 17.7 Å². The van der Waals surface area contributed by atoms with E-state index in [2.05, 4.69) is 6.58 Å². The van der Waals surface area contributed by atoms with Crippen molar-refractivity contribution in [1.82, 2.24) is 0 Å². The molecule has 0 atom stereocenters. The number of non-ortho nitro benzene ring substituents is 1. The van der Waals surface area contributed by atoms with Gasteiger partial charge in [0.05, 0.1) is 4.92 Å². The molecule has 1 aromatic rings. The fraction of sp³-hybridized carbons (Fsp3) is 0.308. The Kier molecular flexibility index (Phi) is 3.86. The molecule has 0 aliphatic carbocycles. The van der Waals surface area contributed by atoms with Crippen LogP contribution < -0.4 is 4.74 Å². The van der Waals surface area contributed by atoms with E-state index < -0.39 is 10.9 Å². The Balaban J connectivity index is 2.77. The molecule has 96 valence electrons. The van der Waals surface area contributed by atoms with Crippen LogP contribution in [0.25, 0.3) is 0 Å². The van der Waals surface area contributed by atoms with Crippen LogP contribution in [0.15, 0.2) is 36.4 Å². The molecule has 0 N–H and O–H groups in total. The summed E-state index contributed by atoms with van der Waals surface area (Å²) in [5, 5.41) is 10.5.